The van der Waals surface area contributed by atoms with Gasteiger partial charge < -0.3 is 9.73 Å². The normalized spacial score (nSPS) is 12.6. The first-order chi connectivity index (χ1) is 29.4. The average molecular weight is 888 g/mol. The number of anilines is 2. The number of nitrogens with zero attached hydrogens (tertiary/aromatic N) is 1. The summed E-state index contributed by atoms with van der Waals surface area (Å²) in [7, 11) is -11.3. The molecule has 2 aliphatic rings. The number of fused-ring (bicyclic) bond motifs is 2. The predicted molar refractivity (Wildman–Crippen MR) is 230 cm³/mol. The highest BCUT2D eigenvalue weighted by Crippen LogP contribution is 2.44. The van der Waals surface area contributed by atoms with Crippen molar-refractivity contribution in [3.8, 4) is 22.5 Å². The van der Waals surface area contributed by atoms with Gasteiger partial charge in [0.2, 0.25) is 5.82 Å². The number of aryl methyl sites for hydroxylation is 2. The van der Waals surface area contributed by atoms with Crippen LogP contribution in [-0.2, 0) is 32.9 Å². The topological polar surface area (TPSA) is 118 Å². The maximum atomic E-state index is 14.8. The number of para-hydroxylation sites is 2. The van der Waals surface area contributed by atoms with Crippen LogP contribution < -0.4 is 14.8 Å². The molecule has 0 saturated heterocycles. The van der Waals surface area contributed by atoms with Gasteiger partial charge in [0.05, 0.1) is 15.9 Å². The van der Waals surface area contributed by atoms with Crippen molar-refractivity contribution in [2.24, 2.45) is 4.99 Å². The summed E-state index contributed by atoms with van der Waals surface area (Å²) < 4.78 is 134. The van der Waals surface area contributed by atoms with Crippen molar-refractivity contribution in [2.45, 2.75) is 76.0 Å². The molecule has 0 unspecified atom stereocenters. The van der Waals surface area contributed by atoms with E-state index in [1.807, 2.05) is 38.1 Å². The smallest absolute Gasteiger partial charge is 0.259 e. The van der Waals surface area contributed by atoms with Gasteiger partial charge in [0.25, 0.3) is 20.0 Å². The molecule has 0 bridgehead atoms. The summed E-state index contributed by atoms with van der Waals surface area (Å²) in [6, 6.07) is 27.7. The van der Waals surface area contributed by atoms with Gasteiger partial charge >= 0.3 is 0 Å². The van der Waals surface area contributed by atoms with E-state index >= 15 is 0 Å². The fraction of sp³-hybridized carbons (Fsp3) is 0.213. The lowest BCUT2D eigenvalue weighted by Gasteiger charge is -2.22. The molecular weight excluding hydrogens is 846 g/mol. The highest BCUT2D eigenvalue weighted by molar-refractivity contribution is 8.04. The zero-order chi connectivity index (χ0) is 44.8. The summed E-state index contributed by atoms with van der Waals surface area (Å²) >= 11 is 0. The second-order valence-corrected chi connectivity index (χ2v) is 18.9. The monoisotopic (exact) mass is 887 g/mol. The molecule has 0 fully saturated rings. The van der Waals surface area contributed by atoms with Crippen molar-refractivity contribution >= 4 is 48.1 Å². The van der Waals surface area contributed by atoms with Crippen LogP contribution >= 0.6 is 0 Å². The molecule has 8 nitrogen and oxygen atoms in total. The summed E-state index contributed by atoms with van der Waals surface area (Å²) in [4.78, 5) is 1.98. The Labute approximate surface area is 356 Å². The Balaban J connectivity index is 1.47. The number of hydrogen-bond acceptors (Lipinski definition) is 7. The van der Waals surface area contributed by atoms with E-state index in [9.17, 15) is 38.8 Å². The van der Waals surface area contributed by atoms with Crippen molar-refractivity contribution in [3.05, 3.63) is 154 Å². The van der Waals surface area contributed by atoms with Crippen LogP contribution in [0.1, 0.15) is 75.6 Å². The van der Waals surface area contributed by atoms with Crippen LogP contribution in [0.15, 0.2) is 116 Å². The van der Waals surface area contributed by atoms with E-state index in [0.29, 0.717) is 27.6 Å². The van der Waals surface area contributed by atoms with Crippen LogP contribution in [0.3, 0.4) is 0 Å². The van der Waals surface area contributed by atoms with Crippen molar-refractivity contribution < 1.29 is 43.2 Å². The molecule has 7 rings (SSSR count). The lowest BCUT2D eigenvalue weighted by molar-refractivity contribution is 0.357. The van der Waals surface area contributed by atoms with Crippen molar-refractivity contribution in [1.82, 2.24) is 4.13 Å². The van der Waals surface area contributed by atoms with Crippen molar-refractivity contribution in [2.75, 3.05) is 5.32 Å². The van der Waals surface area contributed by atoms with Gasteiger partial charge in [0, 0.05) is 45.6 Å². The molecule has 322 valence electrons. The number of benzene rings is 6. The number of nitrogens with one attached hydrogen (secondary N) is 2. The molecule has 5 aromatic rings. The number of rotatable bonds is 12. The van der Waals surface area contributed by atoms with Crippen LogP contribution in [0.4, 0.5) is 39.0 Å². The molecule has 2 N–H and O–H groups in total. The first-order valence-corrected chi connectivity index (χ1v) is 22.8. The van der Waals surface area contributed by atoms with Gasteiger partial charge in [0.1, 0.15) is 11.3 Å². The van der Waals surface area contributed by atoms with Gasteiger partial charge in [-0.05, 0) is 77.3 Å². The molecule has 5 aromatic carbocycles. The maximum absolute atomic E-state index is 14.8. The zero-order valence-corrected chi connectivity index (χ0v) is 36.1. The van der Waals surface area contributed by atoms with Crippen LogP contribution in [0.5, 0.6) is 0 Å². The van der Waals surface area contributed by atoms with Crippen molar-refractivity contribution in [1.29, 1.82) is 0 Å². The largest absolute Gasteiger partial charge is 0.456 e. The first kappa shape index (κ1) is 44.2. The second-order valence-electron chi connectivity index (χ2n) is 15.3. The molecule has 0 spiro atoms. The SMILES string of the molecule is CCc1cccc(CC)c1N=c1ccc2c(-c3ccccc3S(=O)(=O)NS(=O)(=O)c3c(F)c(F)c(F)c(F)c3F)c3ccc(Nc4c(C(C)C)cccc4C(C)C)cc3oc-2c1. The second kappa shape index (κ2) is 17.1. The molecule has 1 aliphatic heterocycles. The maximum Gasteiger partial charge on any atom is 0.259 e. The van der Waals surface area contributed by atoms with Gasteiger partial charge in [-0.25, -0.2) is 43.8 Å². The molecule has 1 heterocycles. The summed E-state index contributed by atoms with van der Waals surface area (Å²) in [5.74, 6) is -12.6. The molecule has 0 aromatic heterocycles. The minimum atomic E-state index is -5.95. The van der Waals surface area contributed by atoms with Gasteiger partial charge in [-0.3, -0.25) is 0 Å². The number of halogens is 5. The number of sulfonamides is 2. The highest BCUT2D eigenvalue weighted by Gasteiger charge is 2.37. The Morgan fingerprint density at radius 2 is 1.21 bits per heavy atom. The lowest BCUT2D eigenvalue weighted by Crippen LogP contribution is -2.33. The summed E-state index contributed by atoms with van der Waals surface area (Å²) in [5.41, 5.74) is 7.50. The standard InChI is InChI=1S/C47H42F5N3O5S2/c1-7-27-13-11-14-28(8-2)45(27)53-29-19-21-33-36(23-29)60-37-24-30(54-46-31(25(3)4)16-12-17-32(46)26(5)6)20-22-34(37)39(33)35-15-9-10-18-38(35)61(56,57)55-62(58,59)47-43(51)41(49)40(48)42(50)44(47)52/h9-26,54-55H,7-8H2,1-6H3. The Morgan fingerprint density at radius 1 is 0.629 bits per heavy atom. The van der Waals surface area contributed by atoms with E-state index in [1.165, 1.54) is 22.3 Å². The van der Waals surface area contributed by atoms with E-state index in [0.717, 1.165) is 52.5 Å². The van der Waals surface area contributed by atoms with Crippen molar-refractivity contribution in [3.63, 3.8) is 0 Å². The third-order valence-electron chi connectivity index (χ3n) is 10.7. The van der Waals surface area contributed by atoms with E-state index in [1.54, 1.807) is 36.4 Å². The van der Waals surface area contributed by atoms with Crippen LogP contribution in [0.2, 0.25) is 0 Å². The van der Waals surface area contributed by atoms with Gasteiger partial charge in [-0.15, -0.1) is 4.13 Å². The Kier molecular flexibility index (Phi) is 12.2. The van der Waals surface area contributed by atoms with E-state index in [4.69, 9.17) is 9.41 Å². The predicted octanol–water partition coefficient (Wildman–Crippen LogP) is 11.9. The van der Waals surface area contributed by atoms with Crippen LogP contribution in [0.25, 0.3) is 33.4 Å². The van der Waals surface area contributed by atoms with Gasteiger partial charge in [0.15, 0.2) is 28.2 Å². The minimum absolute atomic E-state index is 0.0688. The summed E-state index contributed by atoms with van der Waals surface area (Å²) in [6.07, 6.45) is 1.46. The third kappa shape index (κ3) is 8.12. The Hall–Kier alpha value is -5.90. The molecular formula is C47H42F5N3O5S2. The number of hydrogen-bond donors (Lipinski definition) is 2. The van der Waals surface area contributed by atoms with Crippen LogP contribution in [0, 0.1) is 29.1 Å². The quantitative estimate of drug-likeness (QED) is 0.0546. The molecule has 62 heavy (non-hydrogen) atoms. The molecule has 0 saturated carbocycles. The fourth-order valence-corrected chi connectivity index (χ4v) is 10.8. The fourth-order valence-electron chi connectivity index (χ4n) is 7.60. The first-order valence-electron chi connectivity index (χ1n) is 19.8. The Morgan fingerprint density at radius 3 is 1.81 bits per heavy atom. The zero-order valence-electron chi connectivity index (χ0n) is 34.5. The molecule has 15 heteroatoms. The van der Waals surface area contributed by atoms with Crippen LogP contribution in [-0.4, -0.2) is 16.8 Å². The summed E-state index contributed by atoms with van der Waals surface area (Å²) in [5, 5.41) is 4.50. The highest BCUT2D eigenvalue weighted by atomic mass is 32.3. The minimum Gasteiger partial charge on any atom is -0.456 e. The molecule has 0 atom stereocenters. The van der Waals surface area contributed by atoms with E-state index < -0.39 is 58.9 Å². The lowest BCUT2D eigenvalue weighted by atomic mass is 9.92. The Bertz CT molecular complexity index is 3090. The molecule has 1 aliphatic carbocycles. The van der Waals surface area contributed by atoms with Gasteiger partial charge in [-0.1, -0.05) is 96.1 Å². The van der Waals surface area contributed by atoms with Gasteiger partial charge in [-0.2, -0.15) is 0 Å². The molecule has 0 radical (unpaired) electrons. The van der Waals surface area contributed by atoms with E-state index in [-0.39, 0.29) is 28.7 Å². The summed E-state index contributed by atoms with van der Waals surface area (Å²) in [6.45, 7) is 12.5. The third-order valence-corrected chi connectivity index (χ3v) is 14.2. The molecule has 0 amide bonds. The average Bonchev–Trinajstić information content (AvgIpc) is 3.23. The van der Waals surface area contributed by atoms with E-state index in [2.05, 4.69) is 45.1 Å².